The molecule has 1 atom stereocenters. The van der Waals surface area contributed by atoms with Crippen LogP contribution in [0.4, 0.5) is 0 Å². The lowest BCUT2D eigenvalue weighted by atomic mass is 10.0. The Kier molecular flexibility index (Phi) is 5.26. The minimum Gasteiger partial charge on any atom is -0.354 e. The van der Waals surface area contributed by atoms with Gasteiger partial charge >= 0.3 is 0 Å². The number of hydrogen-bond donors (Lipinski definition) is 0. The molecule has 0 bridgehead atoms. The number of carbonyl (C=O) groups excluding carboxylic acids is 1. The third-order valence-corrected chi connectivity index (χ3v) is 3.42. The molecule has 0 spiro atoms. The monoisotopic (exact) mass is 227 g/mol. The third-order valence-electron chi connectivity index (χ3n) is 3.42. The summed E-state index contributed by atoms with van der Waals surface area (Å²) >= 11 is 0. The van der Waals surface area contributed by atoms with E-state index in [0.717, 1.165) is 19.4 Å². The van der Waals surface area contributed by atoms with Gasteiger partial charge in [0.1, 0.15) is 5.72 Å². The van der Waals surface area contributed by atoms with Gasteiger partial charge in [-0.3, -0.25) is 4.79 Å². The zero-order valence-electron chi connectivity index (χ0n) is 10.9. The van der Waals surface area contributed by atoms with Crippen molar-refractivity contribution in [2.24, 2.45) is 0 Å². The Balaban J connectivity index is 2.30. The summed E-state index contributed by atoms with van der Waals surface area (Å²) in [5, 5.41) is 0. The molecule has 0 aliphatic carbocycles. The Hall–Kier alpha value is -0.570. The molecule has 0 aromatic carbocycles. The molecule has 0 saturated carbocycles. The number of amides is 1. The molecule has 94 valence electrons. The van der Waals surface area contributed by atoms with E-state index in [0.29, 0.717) is 6.61 Å². The maximum absolute atomic E-state index is 11.4. The third kappa shape index (κ3) is 3.48. The van der Waals surface area contributed by atoms with Gasteiger partial charge in [0.05, 0.1) is 6.61 Å². The van der Waals surface area contributed by atoms with Crippen molar-refractivity contribution in [1.82, 2.24) is 4.90 Å². The number of hydrogen-bond acceptors (Lipinski definition) is 2. The van der Waals surface area contributed by atoms with E-state index in [-0.39, 0.29) is 11.6 Å². The van der Waals surface area contributed by atoms with Crippen LogP contribution in [0.15, 0.2) is 0 Å². The second-order valence-electron chi connectivity index (χ2n) is 4.86. The van der Waals surface area contributed by atoms with Crippen molar-refractivity contribution >= 4 is 5.91 Å². The molecule has 3 nitrogen and oxygen atoms in total. The minimum atomic E-state index is -0.335. The van der Waals surface area contributed by atoms with E-state index in [4.69, 9.17) is 4.74 Å². The molecule has 3 heteroatoms. The van der Waals surface area contributed by atoms with Crippen molar-refractivity contribution < 1.29 is 9.53 Å². The van der Waals surface area contributed by atoms with Crippen molar-refractivity contribution in [1.29, 1.82) is 0 Å². The van der Waals surface area contributed by atoms with Crippen LogP contribution in [0.3, 0.4) is 0 Å². The van der Waals surface area contributed by atoms with Crippen LogP contribution in [0.2, 0.25) is 0 Å². The van der Waals surface area contributed by atoms with Crippen LogP contribution in [-0.2, 0) is 9.53 Å². The zero-order valence-corrected chi connectivity index (χ0v) is 10.9. The van der Waals surface area contributed by atoms with Gasteiger partial charge in [-0.1, -0.05) is 32.6 Å². The topological polar surface area (TPSA) is 29.5 Å². The first-order valence-corrected chi connectivity index (χ1v) is 6.52. The molecule has 1 heterocycles. The molecule has 1 aliphatic heterocycles. The Morgan fingerprint density at radius 1 is 1.31 bits per heavy atom. The van der Waals surface area contributed by atoms with Crippen LogP contribution in [-0.4, -0.2) is 29.7 Å². The molecule has 0 aromatic heterocycles. The van der Waals surface area contributed by atoms with Gasteiger partial charge in [-0.2, -0.15) is 0 Å². The van der Waals surface area contributed by atoms with Crippen LogP contribution in [0.1, 0.15) is 59.3 Å². The first kappa shape index (κ1) is 13.5. The quantitative estimate of drug-likeness (QED) is 0.653. The highest BCUT2D eigenvalue weighted by atomic mass is 16.5. The van der Waals surface area contributed by atoms with Crippen LogP contribution >= 0.6 is 0 Å². The van der Waals surface area contributed by atoms with Gasteiger partial charge in [0, 0.05) is 13.5 Å². The molecule has 0 N–H and O–H groups in total. The number of unbranched alkanes of at least 4 members (excludes halogenated alkanes) is 4. The van der Waals surface area contributed by atoms with Gasteiger partial charge in [-0.25, -0.2) is 0 Å². The largest absolute Gasteiger partial charge is 0.354 e. The second-order valence-corrected chi connectivity index (χ2v) is 4.86. The summed E-state index contributed by atoms with van der Waals surface area (Å²) < 4.78 is 5.73. The molecule has 16 heavy (non-hydrogen) atoms. The second kappa shape index (κ2) is 6.24. The lowest BCUT2D eigenvalue weighted by Crippen LogP contribution is -2.44. The van der Waals surface area contributed by atoms with E-state index in [2.05, 4.69) is 6.92 Å². The summed E-state index contributed by atoms with van der Waals surface area (Å²) in [6.07, 6.45) is 7.25. The first-order chi connectivity index (χ1) is 7.60. The van der Waals surface area contributed by atoms with Gasteiger partial charge in [0.2, 0.25) is 5.91 Å². The molecule has 0 radical (unpaired) electrons. The Bertz CT molecular complexity index is 230. The predicted octanol–water partition coefficient (Wildman–Crippen LogP) is 2.94. The van der Waals surface area contributed by atoms with Gasteiger partial charge in [0.15, 0.2) is 0 Å². The van der Waals surface area contributed by atoms with Crippen molar-refractivity contribution in [3.8, 4) is 0 Å². The maximum atomic E-state index is 11.4. The fraction of sp³-hybridized carbons (Fsp3) is 0.923. The van der Waals surface area contributed by atoms with Gasteiger partial charge < -0.3 is 9.64 Å². The van der Waals surface area contributed by atoms with E-state index in [1.165, 1.54) is 25.7 Å². The Morgan fingerprint density at radius 2 is 2.00 bits per heavy atom. The summed E-state index contributed by atoms with van der Waals surface area (Å²) in [5.74, 6) is 0.133. The highest BCUT2D eigenvalue weighted by Crippen LogP contribution is 2.28. The molecule has 1 rings (SSSR count). The van der Waals surface area contributed by atoms with Crippen LogP contribution in [0, 0.1) is 0 Å². The van der Waals surface area contributed by atoms with Gasteiger partial charge in [-0.15, -0.1) is 0 Å². The smallest absolute Gasteiger partial charge is 0.221 e. The van der Waals surface area contributed by atoms with E-state index in [9.17, 15) is 4.79 Å². The number of nitrogens with zero attached hydrogens (tertiary/aromatic N) is 1. The average Bonchev–Trinajstić information content (AvgIpc) is 2.60. The number of ether oxygens (including phenoxy) is 1. The highest BCUT2D eigenvalue weighted by molar-refractivity contribution is 5.74. The summed E-state index contributed by atoms with van der Waals surface area (Å²) in [5.41, 5.74) is -0.335. The van der Waals surface area contributed by atoms with E-state index in [1.807, 2.05) is 11.8 Å². The summed E-state index contributed by atoms with van der Waals surface area (Å²) in [6.45, 7) is 7.33. The summed E-state index contributed by atoms with van der Waals surface area (Å²) in [7, 11) is 0. The molecule has 1 fully saturated rings. The lowest BCUT2D eigenvalue weighted by Gasteiger charge is -2.33. The molecule has 0 aromatic rings. The minimum absolute atomic E-state index is 0.133. The standard InChI is InChI=1S/C13H25NO2/c1-4-5-6-7-8-9-13(3)14(12(2)15)10-11-16-13/h4-11H2,1-3H3. The summed E-state index contributed by atoms with van der Waals surface area (Å²) in [6, 6.07) is 0. The number of rotatable bonds is 6. The van der Waals surface area contributed by atoms with Gasteiger partial charge in [0.25, 0.3) is 0 Å². The highest BCUT2D eigenvalue weighted by Gasteiger charge is 2.38. The van der Waals surface area contributed by atoms with Crippen LogP contribution in [0.5, 0.6) is 0 Å². The molecular formula is C13H25NO2. The molecule has 1 amide bonds. The van der Waals surface area contributed by atoms with Crippen LogP contribution in [0.25, 0.3) is 0 Å². The molecule has 1 aliphatic rings. The van der Waals surface area contributed by atoms with Crippen molar-refractivity contribution in [2.75, 3.05) is 13.2 Å². The van der Waals surface area contributed by atoms with Crippen molar-refractivity contribution in [2.45, 2.75) is 65.0 Å². The van der Waals surface area contributed by atoms with E-state index < -0.39 is 0 Å². The number of carbonyl (C=O) groups is 1. The zero-order chi connectivity index (χ0) is 12.0. The predicted molar refractivity (Wildman–Crippen MR) is 65.1 cm³/mol. The lowest BCUT2D eigenvalue weighted by molar-refractivity contribution is -0.145. The normalized spacial score (nSPS) is 25.1. The molecular weight excluding hydrogens is 202 g/mol. The SMILES string of the molecule is CCCCCCCC1(C)OCCN1C(C)=O. The maximum Gasteiger partial charge on any atom is 0.221 e. The fourth-order valence-electron chi connectivity index (χ4n) is 2.43. The van der Waals surface area contributed by atoms with Gasteiger partial charge in [-0.05, 0) is 19.8 Å². The molecule has 1 unspecified atom stereocenters. The summed E-state index contributed by atoms with van der Waals surface area (Å²) in [4.78, 5) is 13.3. The molecule has 1 saturated heterocycles. The first-order valence-electron chi connectivity index (χ1n) is 6.52. The van der Waals surface area contributed by atoms with E-state index >= 15 is 0 Å². The fourth-order valence-corrected chi connectivity index (χ4v) is 2.43. The Labute approximate surface area is 99.1 Å². The van der Waals surface area contributed by atoms with Crippen molar-refractivity contribution in [3.63, 3.8) is 0 Å². The average molecular weight is 227 g/mol. The van der Waals surface area contributed by atoms with Crippen LogP contribution < -0.4 is 0 Å². The Morgan fingerprint density at radius 3 is 2.62 bits per heavy atom. The van der Waals surface area contributed by atoms with E-state index in [1.54, 1.807) is 6.92 Å². The van der Waals surface area contributed by atoms with Crippen molar-refractivity contribution in [3.05, 3.63) is 0 Å².